The van der Waals surface area contributed by atoms with Gasteiger partial charge in [-0.2, -0.15) is 0 Å². The van der Waals surface area contributed by atoms with Crippen LogP contribution in [0, 0.1) is 0 Å². The number of carbonyl (C=O) groups excluding carboxylic acids is 1. The first kappa shape index (κ1) is 14.5. The molecule has 0 saturated heterocycles. The van der Waals surface area contributed by atoms with Gasteiger partial charge in [-0.05, 0) is 30.7 Å². The zero-order valence-corrected chi connectivity index (χ0v) is 11.4. The van der Waals surface area contributed by atoms with E-state index in [4.69, 9.17) is 5.73 Å². The van der Waals surface area contributed by atoms with E-state index in [-0.39, 0.29) is 6.42 Å². The predicted octanol–water partition coefficient (Wildman–Crippen LogP) is 1.75. The van der Waals surface area contributed by atoms with Gasteiger partial charge in [0.25, 0.3) is 0 Å². The van der Waals surface area contributed by atoms with Crippen LogP contribution in [-0.4, -0.2) is 20.6 Å². The van der Waals surface area contributed by atoms with Crippen LogP contribution < -0.4 is 10.0 Å². The highest BCUT2D eigenvalue weighted by molar-refractivity contribution is 7.92. The first-order chi connectivity index (χ1) is 8.36. The smallest absolute Gasteiger partial charge is 0.240 e. The first-order valence-corrected chi connectivity index (χ1v) is 7.59. The van der Waals surface area contributed by atoms with Gasteiger partial charge in [0.15, 0.2) is 0 Å². The number of unbranched alkanes of at least 4 members (excludes halogenated alkanes) is 1. The Morgan fingerprint density at radius 2 is 1.83 bits per heavy atom. The number of rotatable bonds is 5. The van der Waals surface area contributed by atoms with Crippen LogP contribution in [0.5, 0.6) is 0 Å². The van der Waals surface area contributed by atoms with Crippen molar-refractivity contribution in [2.75, 3.05) is 16.3 Å². The summed E-state index contributed by atoms with van der Waals surface area (Å²) in [5.41, 5.74) is 6.39. The van der Waals surface area contributed by atoms with Gasteiger partial charge in [0.05, 0.1) is 11.9 Å². The van der Waals surface area contributed by atoms with Crippen LogP contribution in [0.1, 0.15) is 26.2 Å². The summed E-state index contributed by atoms with van der Waals surface area (Å²) in [7, 11) is -3.62. The molecule has 0 atom stereocenters. The monoisotopic (exact) mass is 270 g/mol. The molecule has 2 N–H and O–H groups in total. The molecule has 0 aliphatic heterocycles. The first-order valence-electron chi connectivity index (χ1n) is 5.75. The van der Waals surface area contributed by atoms with Gasteiger partial charge in [0.1, 0.15) is 0 Å². The molecule has 0 saturated carbocycles. The Hall–Kier alpha value is -1.56. The summed E-state index contributed by atoms with van der Waals surface area (Å²) in [6, 6.07) is 6.20. The Bertz CT molecular complexity index is 509. The minimum Gasteiger partial charge on any atom is -0.399 e. The lowest BCUT2D eigenvalue weighted by molar-refractivity contribution is -0.117. The number of nitrogens with zero attached hydrogens (tertiary/aromatic N) is 1. The maximum atomic E-state index is 11.9. The zero-order valence-electron chi connectivity index (χ0n) is 10.6. The Kier molecular flexibility index (Phi) is 4.72. The van der Waals surface area contributed by atoms with E-state index in [0.29, 0.717) is 17.8 Å². The normalized spacial score (nSPS) is 11.2. The summed E-state index contributed by atoms with van der Waals surface area (Å²) >= 11 is 0. The third-order valence-corrected chi connectivity index (χ3v) is 3.51. The van der Waals surface area contributed by atoms with Gasteiger partial charge in [-0.25, -0.2) is 12.7 Å². The number of hydrogen-bond donors (Lipinski definition) is 1. The average molecular weight is 270 g/mol. The SMILES string of the molecule is CCCCC(=O)N(c1ccc(N)cc1)S(C)(=O)=O. The fourth-order valence-corrected chi connectivity index (χ4v) is 2.53. The molecular formula is C12H18N2O3S. The van der Waals surface area contributed by atoms with Crippen molar-refractivity contribution in [2.45, 2.75) is 26.2 Å². The Morgan fingerprint density at radius 1 is 1.28 bits per heavy atom. The quantitative estimate of drug-likeness (QED) is 0.826. The van der Waals surface area contributed by atoms with Crippen molar-refractivity contribution < 1.29 is 13.2 Å². The fraction of sp³-hybridized carbons (Fsp3) is 0.417. The number of anilines is 2. The van der Waals surface area contributed by atoms with Crippen LogP contribution in [0.2, 0.25) is 0 Å². The molecule has 18 heavy (non-hydrogen) atoms. The number of nitrogens with two attached hydrogens (primary N) is 1. The van der Waals surface area contributed by atoms with Gasteiger partial charge >= 0.3 is 0 Å². The Balaban J connectivity index is 3.07. The summed E-state index contributed by atoms with van der Waals surface area (Å²) in [6.07, 6.45) is 2.74. The van der Waals surface area contributed by atoms with E-state index in [1.165, 1.54) is 12.1 Å². The van der Waals surface area contributed by atoms with Crippen molar-refractivity contribution in [1.29, 1.82) is 0 Å². The molecule has 100 valence electrons. The zero-order chi connectivity index (χ0) is 13.8. The standard InChI is InChI=1S/C12H18N2O3S/c1-3-4-5-12(15)14(18(2,16)17)11-8-6-10(13)7-9-11/h6-9H,3-5,13H2,1-2H3. The summed E-state index contributed by atoms with van der Waals surface area (Å²) in [5, 5.41) is 0. The molecule has 1 aromatic rings. The minimum atomic E-state index is -3.62. The second kappa shape index (κ2) is 5.86. The van der Waals surface area contributed by atoms with Crippen molar-refractivity contribution in [1.82, 2.24) is 0 Å². The molecule has 0 bridgehead atoms. The molecule has 5 nitrogen and oxygen atoms in total. The molecule has 1 rings (SSSR count). The highest BCUT2D eigenvalue weighted by Crippen LogP contribution is 2.20. The second-order valence-electron chi connectivity index (χ2n) is 4.12. The molecule has 0 fully saturated rings. The number of hydrogen-bond acceptors (Lipinski definition) is 4. The number of sulfonamides is 1. The van der Waals surface area contributed by atoms with Gasteiger partial charge in [-0.15, -0.1) is 0 Å². The van der Waals surface area contributed by atoms with Crippen LogP contribution in [-0.2, 0) is 14.8 Å². The molecule has 0 aliphatic carbocycles. The lowest BCUT2D eigenvalue weighted by Crippen LogP contribution is -2.35. The van der Waals surface area contributed by atoms with Gasteiger partial charge in [-0.3, -0.25) is 4.79 Å². The minimum absolute atomic E-state index is 0.216. The van der Waals surface area contributed by atoms with E-state index < -0.39 is 15.9 Å². The predicted molar refractivity (Wildman–Crippen MR) is 72.7 cm³/mol. The average Bonchev–Trinajstić information content (AvgIpc) is 2.27. The van der Waals surface area contributed by atoms with E-state index in [1.807, 2.05) is 6.92 Å². The Morgan fingerprint density at radius 3 is 2.28 bits per heavy atom. The number of amides is 1. The van der Waals surface area contributed by atoms with Crippen LogP contribution in [0.4, 0.5) is 11.4 Å². The maximum absolute atomic E-state index is 11.9. The van der Waals surface area contributed by atoms with E-state index in [1.54, 1.807) is 12.1 Å². The molecule has 0 spiro atoms. The Labute approximate surface area is 108 Å². The van der Waals surface area contributed by atoms with Crippen molar-refractivity contribution >= 4 is 27.3 Å². The lowest BCUT2D eigenvalue weighted by atomic mass is 10.2. The molecule has 0 aliphatic rings. The van der Waals surface area contributed by atoms with Crippen molar-refractivity contribution in [3.8, 4) is 0 Å². The van der Waals surface area contributed by atoms with Crippen LogP contribution >= 0.6 is 0 Å². The molecular weight excluding hydrogens is 252 g/mol. The largest absolute Gasteiger partial charge is 0.399 e. The fourth-order valence-electron chi connectivity index (χ4n) is 1.56. The van der Waals surface area contributed by atoms with Gasteiger partial charge in [-0.1, -0.05) is 13.3 Å². The van der Waals surface area contributed by atoms with Gasteiger partial charge < -0.3 is 5.73 Å². The van der Waals surface area contributed by atoms with E-state index in [2.05, 4.69) is 0 Å². The van der Waals surface area contributed by atoms with Crippen LogP contribution in [0.25, 0.3) is 0 Å². The topological polar surface area (TPSA) is 80.5 Å². The van der Waals surface area contributed by atoms with Crippen LogP contribution in [0.3, 0.4) is 0 Å². The number of nitrogen functional groups attached to an aromatic ring is 1. The summed E-state index contributed by atoms with van der Waals surface area (Å²) in [6.45, 7) is 1.95. The molecule has 0 unspecified atom stereocenters. The highest BCUT2D eigenvalue weighted by atomic mass is 32.2. The number of benzene rings is 1. The van der Waals surface area contributed by atoms with Gasteiger partial charge in [0.2, 0.25) is 15.9 Å². The summed E-state index contributed by atoms with van der Waals surface area (Å²) in [5.74, 6) is -0.413. The molecule has 1 aromatic carbocycles. The van der Waals surface area contributed by atoms with Crippen molar-refractivity contribution in [3.05, 3.63) is 24.3 Å². The lowest BCUT2D eigenvalue weighted by Gasteiger charge is -2.20. The molecule has 1 amide bonds. The maximum Gasteiger partial charge on any atom is 0.240 e. The molecule has 0 aromatic heterocycles. The highest BCUT2D eigenvalue weighted by Gasteiger charge is 2.24. The third-order valence-electron chi connectivity index (χ3n) is 2.43. The van der Waals surface area contributed by atoms with Crippen molar-refractivity contribution in [3.63, 3.8) is 0 Å². The summed E-state index contributed by atoms with van der Waals surface area (Å²) < 4.78 is 24.2. The van der Waals surface area contributed by atoms with E-state index >= 15 is 0 Å². The van der Waals surface area contributed by atoms with Gasteiger partial charge in [0, 0.05) is 12.1 Å². The summed E-state index contributed by atoms with van der Waals surface area (Å²) in [4.78, 5) is 11.9. The van der Waals surface area contributed by atoms with E-state index in [9.17, 15) is 13.2 Å². The van der Waals surface area contributed by atoms with Crippen molar-refractivity contribution in [2.24, 2.45) is 0 Å². The molecule has 6 heteroatoms. The number of carbonyl (C=O) groups is 1. The molecule has 0 heterocycles. The third kappa shape index (κ3) is 3.73. The van der Waals surface area contributed by atoms with E-state index in [0.717, 1.165) is 17.0 Å². The second-order valence-corrected chi connectivity index (χ2v) is 5.95. The van der Waals surface area contributed by atoms with Crippen LogP contribution in [0.15, 0.2) is 24.3 Å². The molecule has 0 radical (unpaired) electrons.